The fourth-order valence-electron chi connectivity index (χ4n) is 5.61. The maximum Gasteiger partial charge on any atom is 0.262 e. The van der Waals surface area contributed by atoms with Crippen molar-refractivity contribution in [2.45, 2.75) is 30.2 Å². The van der Waals surface area contributed by atoms with Crippen molar-refractivity contribution in [3.63, 3.8) is 0 Å². The third-order valence-corrected chi connectivity index (χ3v) is 11.2. The molecule has 1 aliphatic rings. The van der Waals surface area contributed by atoms with Crippen LogP contribution >= 0.6 is 0 Å². The minimum atomic E-state index is -3.38. The highest BCUT2D eigenvalue weighted by Crippen LogP contribution is 2.31. The van der Waals surface area contributed by atoms with Gasteiger partial charge in [0.05, 0.1) is 27.5 Å². The molecule has 0 saturated carbocycles. The van der Waals surface area contributed by atoms with E-state index in [0.29, 0.717) is 46.0 Å². The van der Waals surface area contributed by atoms with Crippen LogP contribution in [0.15, 0.2) is 76.6 Å². The lowest BCUT2D eigenvalue weighted by atomic mass is 9.89. The molecule has 2 aromatic heterocycles. The summed E-state index contributed by atoms with van der Waals surface area (Å²) in [5.41, 5.74) is 2.70. The summed E-state index contributed by atoms with van der Waals surface area (Å²) < 4.78 is 72.0. The summed E-state index contributed by atoms with van der Waals surface area (Å²) >= 11 is 0. The van der Waals surface area contributed by atoms with Crippen molar-refractivity contribution in [1.82, 2.24) is 14.5 Å². The Hall–Kier alpha value is -3.59. The van der Waals surface area contributed by atoms with Gasteiger partial charge in [-0.15, -0.1) is 0 Å². The lowest BCUT2D eigenvalue weighted by Gasteiger charge is -2.32. The molecule has 46 heavy (non-hydrogen) atoms. The summed E-state index contributed by atoms with van der Waals surface area (Å²) in [6.45, 7) is 2.22. The number of sulfone groups is 3. The van der Waals surface area contributed by atoms with Gasteiger partial charge in [0.2, 0.25) is 0 Å². The zero-order chi connectivity index (χ0) is 33.3. The Morgan fingerprint density at radius 3 is 2.00 bits per heavy atom. The molecule has 0 spiro atoms. The number of hydrogen-bond acceptors (Lipinski definition) is 10. The Morgan fingerprint density at radius 2 is 1.41 bits per heavy atom. The van der Waals surface area contributed by atoms with E-state index in [0.717, 1.165) is 38.4 Å². The summed E-state index contributed by atoms with van der Waals surface area (Å²) in [7, 11) is -9.67. The second-order valence-corrected chi connectivity index (χ2v) is 18.6. The normalized spacial score (nSPS) is 15.3. The number of likely N-dealkylation sites (tertiary alicyclic amines) is 1. The first-order valence-electron chi connectivity index (χ1n) is 14.9. The van der Waals surface area contributed by atoms with E-state index in [-0.39, 0.29) is 28.5 Å². The number of aryl methyl sites for hydroxylation is 1. The predicted octanol–water partition coefficient (Wildman–Crippen LogP) is 3.48. The number of nitrogens with one attached hydrogen (secondary N) is 1. The number of piperidine rings is 1. The van der Waals surface area contributed by atoms with Crippen LogP contribution in [0, 0.1) is 0 Å². The van der Waals surface area contributed by atoms with Crippen molar-refractivity contribution in [2.24, 2.45) is 0 Å². The van der Waals surface area contributed by atoms with Crippen molar-refractivity contribution in [2.75, 3.05) is 55.2 Å². The van der Waals surface area contributed by atoms with Gasteiger partial charge in [0.25, 0.3) is 5.56 Å². The number of rotatable bonds is 11. The highest BCUT2D eigenvalue weighted by Gasteiger charge is 2.22. The molecule has 2 aromatic carbocycles. The van der Waals surface area contributed by atoms with Crippen molar-refractivity contribution in [3.8, 4) is 11.3 Å². The van der Waals surface area contributed by atoms with Gasteiger partial charge in [-0.2, -0.15) is 0 Å². The van der Waals surface area contributed by atoms with Crippen LogP contribution in [-0.4, -0.2) is 89.6 Å². The van der Waals surface area contributed by atoms with Gasteiger partial charge in [-0.1, -0.05) is 24.3 Å². The van der Waals surface area contributed by atoms with Crippen LogP contribution in [0.3, 0.4) is 0 Å². The molecule has 0 unspecified atom stereocenters. The highest BCUT2D eigenvalue weighted by atomic mass is 32.2. The van der Waals surface area contributed by atoms with Gasteiger partial charge in [0, 0.05) is 49.3 Å². The zero-order valence-electron chi connectivity index (χ0n) is 26.0. The zero-order valence-corrected chi connectivity index (χ0v) is 28.5. The summed E-state index contributed by atoms with van der Waals surface area (Å²) in [6.07, 6.45) is 6.95. The number of hydrogen-bond donors (Lipinski definition) is 1. The van der Waals surface area contributed by atoms with Crippen LogP contribution < -0.4 is 10.9 Å². The minimum Gasteiger partial charge on any atom is -0.340 e. The van der Waals surface area contributed by atoms with Crippen LogP contribution in [0.4, 0.5) is 11.5 Å². The number of benzene rings is 2. The van der Waals surface area contributed by atoms with Crippen LogP contribution in [-0.2, 0) is 36.1 Å². The van der Waals surface area contributed by atoms with Gasteiger partial charge in [-0.05, 0) is 79.2 Å². The lowest BCUT2D eigenvalue weighted by Crippen LogP contribution is -2.36. The van der Waals surface area contributed by atoms with Crippen molar-refractivity contribution >= 4 is 51.8 Å². The predicted molar refractivity (Wildman–Crippen MR) is 182 cm³/mol. The molecular formula is C32H38N4O7S3. The van der Waals surface area contributed by atoms with Crippen LogP contribution in [0.1, 0.15) is 24.3 Å². The highest BCUT2D eigenvalue weighted by molar-refractivity contribution is 7.91. The van der Waals surface area contributed by atoms with E-state index < -0.39 is 29.5 Å². The first kappa shape index (κ1) is 33.8. The molecule has 0 aliphatic carbocycles. The summed E-state index contributed by atoms with van der Waals surface area (Å²) in [4.78, 5) is 20.8. The second-order valence-electron chi connectivity index (χ2n) is 12.1. The van der Waals surface area contributed by atoms with Crippen LogP contribution in [0.25, 0.3) is 22.0 Å². The molecule has 0 radical (unpaired) electrons. The van der Waals surface area contributed by atoms with Crippen LogP contribution in [0.2, 0.25) is 0 Å². The molecule has 1 aliphatic heterocycles. The second kappa shape index (κ2) is 13.3. The average molecular weight is 687 g/mol. The van der Waals surface area contributed by atoms with E-state index in [2.05, 4.69) is 10.2 Å². The third kappa shape index (κ3) is 8.60. The molecule has 0 bridgehead atoms. The molecule has 246 valence electrons. The fraction of sp³-hybridized carbons (Fsp3) is 0.375. The molecule has 0 atom stereocenters. The molecule has 5 rings (SSSR count). The van der Waals surface area contributed by atoms with Crippen molar-refractivity contribution < 1.29 is 25.3 Å². The maximum absolute atomic E-state index is 13.6. The van der Waals surface area contributed by atoms with Gasteiger partial charge in [0.1, 0.15) is 25.5 Å². The van der Waals surface area contributed by atoms with Gasteiger partial charge in [-0.3, -0.25) is 4.79 Å². The molecule has 0 amide bonds. The van der Waals surface area contributed by atoms with E-state index >= 15 is 0 Å². The molecule has 1 fully saturated rings. The quantitative estimate of drug-likeness (QED) is 0.248. The molecular weight excluding hydrogens is 649 g/mol. The first-order chi connectivity index (χ1) is 21.6. The number of nitrogens with zero attached hydrogens (tertiary/aromatic N) is 3. The van der Waals surface area contributed by atoms with Crippen molar-refractivity contribution in [1.29, 1.82) is 0 Å². The Kier molecular flexibility index (Phi) is 9.73. The van der Waals surface area contributed by atoms with Gasteiger partial charge < -0.3 is 14.8 Å². The number of anilines is 2. The molecule has 11 nitrogen and oxygen atoms in total. The standard InChI is InChI=1S/C32H38N4O7S3/c1-44(38,39)20-18-35-15-12-24(13-16-35)23-4-8-27(9-5-23)33-31-30-26(14-17-36(32(30)37)19-21-45(2,40)41)22-29(34-31)25-6-10-28(11-7-25)46(3,42)43/h4-11,14,17,22,24H,12-13,15-16,18-21H2,1-3H3,(H,33,34). The third-order valence-electron chi connectivity index (χ3n) is 8.25. The molecule has 3 heterocycles. The summed E-state index contributed by atoms with van der Waals surface area (Å²) in [6, 6.07) is 17.8. The lowest BCUT2D eigenvalue weighted by molar-refractivity contribution is 0.223. The molecule has 4 aromatic rings. The van der Waals surface area contributed by atoms with Gasteiger partial charge in [-0.25, -0.2) is 30.2 Å². The Morgan fingerprint density at radius 1 is 0.804 bits per heavy atom. The summed E-state index contributed by atoms with van der Waals surface area (Å²) in [5, 5.41) is 4.20. The molecule has 14 heteroatoms. The largest absolute Gasteiger partial charge is 0.340 e. The van der Waals surface area contributed by atoms with E-state index in [4.69, 9.17) is 4.98 Å². The summed E-state index contributed by atoms with van der Waals surface area (Å²) in [5.74, 6) is 0.627. The number of pyridine rings is 2. The van der Waals surface area contributed by atoms with E-state index in [1.807, 2.05) is 24.3 Å². The smallest absolute Gasteiger partial charge is 0.262 e. The minimum absolute atomic E-state index is 0.00349. The number of fused-ring (bicyclic) bond motifs is 1. The van der Waals surface area contributed by atoms with Gasteiger partial charge in [0.15, 0.2) is 9.84 Å². The Labute approximate surface area is 270 Å². The molecule has 1 saturated heterocycles. The average Bonchev–Trinajstić information content (AvgIpc) is 2.99. The van der Waals surface area contributed by atoms with Gasteiger partial charge >= 0.3 is 0 Å². The fourth-order valence-corrected chi connectivity index (χ4v) is 7.36. The Bertz CT molecular complexity index is 2120. The van der Waals surface area contributed by atoms with E-state index in [9.17, 15) is 30.0 Å². The monoisotopic (exact) mass is 686 g/mol. The molecule has 1 N–H and O–H groups in total. The SMILES string of the molecule is CS(=O)(=O)CCN1CCC(c2ccc(Nc3nc(-c4ccc(S(C)(=O)=O)cc4)cc4ccn(CCS(C)(=O)=O)c(=O)c34)cc2)CC1. The van der Waals surface area contributed by atoms with Crippen LogP contribution in [0.5, 0.6) is 0 Å². The van der Waals surface area contributed by atoms with E-state index in [1.165, 1.54) is 28.5 Å². The van der Waals surface area contributed by atoms with Crippen molar-refractivity contribution in [3.05, 3.63) is 82.8 Å². The maximum atomic E-state index is 13.6. The Balaban J connectivity index is 1.44. The first-order valence-corrected chi connectivity index (χ1v) is 20.9. The number of aromatic nitrogens is 2. The van der Waals surface area contributed by atoms with E-state index in [1.54, 1.807) is 30.5 Å². The topological polar surface area (TPSA) is 153 Å².